The highest BCUT2D eigenvalue weighted by Crippen LogP contribution is 2.35. The number of para-hydroxylation sites is 1. The number of esters is 1. The first-order valence-electron chi connectivity index (χ1n) is 10.4. The summed E-state index contributed by atoms with van der Waals surface area (Å²) in [7, 11) is 3.42. The normalized spacial score (nSPS) is 16.1. The van der Waals surface area contributed by atoms with Gasteiger partial charge in [0.15, 0.2) is 5.54 Å². The molecule has 1 aromatic heterocycles. The number of benzene rings is 1. The zero-order valence-electron chi connectivity index (χ0n) is 18.0. The van der Waals surface area contributed by atoms with E-state index in [4.69, 9.17) is 9.47 Å². The number of aromatic nitrogens is 1. The lowest BCUT2D eigenvalue weighted by atomic mass is 9.85. The van der Waals surface area contributed by atoms with Gasteiger partial charge in [-0.2, -0.15) is 0 Å². The molecule has 3 rings (SSSR count). The molecule has 1 aliphatic rings. The molecule has 1 amide bonds. The predicted molar refractivity (Wildman–Crippen MR) is 115 cm³/mol. The third kappa shape index (κ3) is 4.51. The van der Waals surface area contributed by atoms with E-state index in [1.165, 1.54) is 17.7 Å². The van der Waals surface area contributed by atoms with Gasteiger partial charge < -0.3 is 18.9 Å². The van der Waals surface area contributed by atoms with Gasteiger partial charge in [0, 0.05) is 50.7 Å². The highest BCUT2D eigenvalue weighted by atomic mass is 16.6. The molecule has 0 radical (unpaired) electrons. The molecule has 0 bridgehead atoms. The Bertz CT molecular complexity index is 841. The summed E-state index contributed by atoms with van der Waals surface area (Å²) < 4.78 is 12.6. The van der Waals surface area contributed by atoms with Crippen LogP contribution in [0, 0.1) is 0 Å². The van der Waals surface area contributed by atoms with Gasteiger partial charge in [0.1, 0.15) is 0 Å². The lowest BCUT2D eigenvalue weighted by Gasteiger charge is -2.45. The second-order valence-electron chi connectivity index (χ2n) is 7.60. The Hall–Kier alpha value is -2.80. The Kier molecular flexibility index (Phi) is 7.15. The van der Waals surface area contributed by atoms with Gasteiger partial charge in [-0.05, 0) is 44.0 Å². The molecular weight excluding hydrogens is 382 g/mol. The Balaban J connectivity index is 1.81. The zero-order chi connectivity index (χ0) is 21.6. The maximum atomic E-state index is 13.0. The maximum Gasteiger partial charge on any atom is 0.415 e. The fourth-order valence-electron chi connectivity index (χ4n) is 4.18. The van der Waals surface area contributed by atoms with Crippen molar-refractivity contribution in [2.24, 2.45) is 7.05 Å². The van der Waals surface area contributed by atoms with Crippen molar-refractivity contribution in [3.63, 3.8) is 0 Å². The third-order valence-corrected chi connectivity index (χ3v) is 5.88. The molecule has 0 aliphatic carbocycles. The summed E-state index contributed by atoms with van der Waals surface area (Å²) in [6.45, 7) is 4.30. The molecule has 0 N–H and O–H groups in total. The third-order valence-electron chi connectivity index (χ3n) is 5.88. The van der Waals surface area contributed by atoms with E-state index >= 15 is 0 Å². The Morgan fingerprint density at radius 2 is 1.80 bits per heavy atom. The van der Waals surface area contributed by atoms with Gasteiger partial charge in [-0.1, -0.05) is 18.2 Å². The number of piperidine rings is 1. The van der Waals surface area contributed by atoms with Crippen molar-refractivity contribution in [2.45, 2.75) is 31.7 Å². The van der Waals surface area contributed by atoms with Crippen LogP contribution >= 0.6 is 0 Å². The molecule has 7 nitrogen and oxygen atoms in total. The number of amides is 1. The lowest BCUT2D eigenvalue weighted by molar-refractivity contribution is -0.149. The second kappa shape index (κ2) is 9.80. The van der Waals surface area contributed by atoms with E-state index in [1.807, 2.05) is 49.6 Å². The van der Waals surface area contributed by atoms with Gasteiger partial charge in [-0.3, -0.25) is 4.90 Å². The smallest absolute Gasteiger partial charge is 0.415 e. The van der Waals surface area contributed by atoms with E-state index in [0.29, 0.717) is 31.6 Å². The predicted octanol–water partition coefficient (Wildman–Crippen LogP) is 3.24. The number of aryl methyl sites for hydroxylation is 1. The van der Waals surface area contributed by atoms with Crippen molar-refractivity contribution < 1.29 is 19.1 Å². The summed E-state index contributed by atoms with van der Waals surface area (Å²) in [6, 6.07) is 13.4. The van der Waals surface area contributed by atoms with Crippen LogP contribution in [0.25, 0.3) is 0 Å². The van der Waals surface area contributed by atoms with Crippen LogP contribution in [-0.2, 0) is 27.7 Å². The van der Waals surface area contributed by atoms with Crippen LogP contribution in [0.3, 0.4) is 0 Å². The molecule has 1 saturated heterocycles. The Labute approximate surface area is 178 Å². The quantitative estimate of drug-likeness (QED) is 0.652. The van der Waals surface area contributed by atoms with Gasteiger partial charge >= 0.3 is 12.1 Å². The molecule has 1 aromatic carbocycles. The first kappa shape index (κ1) is 21.9. The number of anilines is 1. The number of nitrogens with zero attached hydrogens (tertiary/aromatic N) is 3. The molecular formula is C23H31N3O4. The number of likely N-dealkylation sites (tertiary alicyclic amines) is 1. The summed E-state index contributed by atoms with van der Waals surface area (Å²) in [5.41, 5.74) is 0.833. The molecule has 1 aliphatic heterocycles. The van der Waals surface area contributed by atoms with Crippen LogP contribution in [-0.4, -0.2) is 60.4 Å². The van der Waals surface area contributed by atoms with Crippen molar-refractivity contribution in [3.8, 4) is 0 Å². The molecule has 0 spiro atoms. The molecule has 162 valence electrons. The van der Waals surface area contributed by atoms with E-state index in [1.54, 1.807) is 6.92 Å². The van der Waals surface area contributed by atoms with Crippen LogP contribution in [0.5, 0.6) is 0 Å². The highest BCUT2D eigenvalue weighted by Gasteiger charge is 2.50. The standard InChI is InChI=1S/C23H31N3O4/c1-4-30-22(28)26(20-9-6-5-7-10-20)23(21(27)29-3)13-17-25(18-14-23)16-12-19-11-8-15-24(19)2/h5-11,15H,4,12-14,16-18H2,1-3H3. The van der Waals surface area contributed by atoms with Crippen LogP contribution in [0.4, 0.5) is 10.5 Å². The molecule has 1 fully saturated rings. The van der Waals surface area contributed by atoms with Crippen LogP contribution in [0.2, 0.25) is 0 Å². The van der Waals surface area contributed by atoms with Crippen molar-refractivity contribution >= 4 is 17.7 Å². The molecule has 30 heavy (non-hydrogen) atoms. The fraction of sp³-hybridized carbons (Fsp3) is 0.478. The van der Waals surface area contributed by atoms with Crippen molar-refractivity contribution in [3.05, 3.63) is 54.4 Å². The summed E-state index contributed by atoms with van der Waals surface area (Å²) in [4.78, 5) is 29.8. The number of methoxy groups -OCH3 is 1. The van der Waals surface area contributed by atoms with Crippen molar-refractivity contribution in [2.75, 3.05) is 38.3 Å². The maximum absolute atomic E-state index is 13.0. The zero-order valence-corrected chi connectivity index (χ0v) is 18.0. The lowest BCUT2D eigenvalue weighted by Crippen LogP contribution is -2.63. The van der Waals surface area contributed by atoms with Gasteiger partial charge in [-0.15, -0.1) is 0 Å². The average Bonchev–Trinajstić information content (AvgIpc) is 3.18. The fourth-order valence-corrected chi connectivity index (χ4v) is 4.18. The van der Waals surface area contributed by atoms with Gasteiger partial charge in [-0.25, -0.2) is 9.59 Å². The van der Waals surface area contributed by atoms with Crippen molar-refractivity contribution in [1.29, 1.82) is 0 Å². The number of hydrogen-bond donors (Lipinski definition) is 0. The molecule has 2 heterocycles. The minimum absolute atomic E-state index is 0.238. The monoisotopic (exact) mass is 413 g/mol. The summed E-state index contributed by atoms with van der Waals surface area (Å²) in [6.07, 6.45) is 3.44. The Morgan fingerprint density at radius 3 is 2.37 bits per heavy atom. The summed E-state index contributed by atoms with van der Waals surface area (Å²) >= 11 is 0. The van der Waals surface area contributed by atoms with Crippen LogP contribution in [0.15, 0.2) is 48.7 Å². The first-order valence-corrected chi connectivity index (χ1v) is 10.4. The largest absolute Gasteiger partial charge is 0.467 e. The molecule has 2 aromatic rings. The molecule has 0 atom stereocenters. The molecule has 0 saturated carbocycles. The highest BCUT2D eigenvalue weighted by molar-refractivity contribution is 5.99. The number of rotatable bonds is 7. The number of carbonyl (C=O) groups is 2. The number of carbonyl (C=O) groups excluding carboxylic acids is 2. The topological polar surface area (TPSA) is 64.0 Å². The van der Waals surface area contributed by atoms with Crippen molar-refractivity contribution in [1.82, 2.24) is 9.47 Å². The van der Waals surface area contributed by atoms with Crippen LogP contribution < -0.4 is 4.90 Å². The number of ether oxygens (including phenoxy) is 2. The SMILES string of the molecule is CCOC(=O)N(c1ccccc1)C1(C(=O)OC)CCN(CCc2cccn2C)CC1. The minimum Gasteiger partial charge on any atom is -0.467 e. The van der Waals surface area contributed by atoms with E-state index < -0.39 is 17.6 Å². The van der Waals surface area contributed by atoms with Gasteiger partial charge in [0.25, 0.3) is 0 Å². The van der Waals surface area contributed by atoms with Gasteiger partial charge in [0.05, 0.1) is 13.7 Å². The minimum atomic E-state index is -1.08. The average molecular weight is 414 g/mol. The van der Waals surface area contributed by atoms with E-state index in [-0.39, 0.29) is 6.61 Å². The molecule has 7 heteroatoms. The summed E-state index contributed by atoms with van der Waals surface area (Å²) in [5, 5.41) is 0. The molecule has 0 unspecified atom stereocenters. The van der Waals surface area contributed by atoms with E-state index in [0.717, 1.165) is 13.0 Å². The second-order valence-corrected chi connectivity index (χ2v) is 7.60. The van der Waals surface area contributed by atoms with E-state index in [2.05, 4.69) is 15.5 Å². The first-order chi connectivity index (χ1) is 14.5. The van der Waals surface area contributed by atoms with Crippen LogP contribution in [0.1, 0.15) is 25.5 Å². The van der Waals surface area contributed by atoms with E-state index in [9.17, 15) is 9.59 Å². The Morgan fingerprint density at radius 1 is 1.10 bits per heavy atom. The summed E-state index contributed by atoms with van der Waals surface area (Å²) in [5.74, 6) is -0.401. The number of hydrogen-bond acceptors (Lipinski definition) is 5. The van der Waals surface area contributed by atoms with Gasteiger partial charge in [0.2, 0.25) is 0 Å².